The van der Waals surface area contributed by atoms with Gasteiger partial charge in [0.1, 0.15) is 12.4 Å². The second kappa shape index (κ2) is 6.01. The summed E-state index contributed by atoms with van der Waals surface area (Å²) >= 11 is 0. The van der Waals surface area contributed by atoms with E-state index in [0.29, 0.717) is 11.3 Å². The number of hydrogen-bond donors (Lipinski definition) is 2. The zero-order chi connectivity index (χ0) is 14.5. The Labute approximate surface area is 114 Å². The second-order valence-corrected chi connectivity index (χ2v) is 4.01. The Morgan fingerprint density at radius 1 is 1.20 bits per heavy atom. The number of nitrogens with zero attached hydrogens (tertiary/aromatic N) is 1. The van der Waals surface area contributed by atoms with Crippen molar-refractivity contribution in [3.05, 3.63) is 65.2 Å². The summed E-state index contributed by atoms with van der Waals surface area (Å²) in [7, 11) is 0. The normalized spacial score (nSPS) is 11.4. The van der Waals surface area contributed by atoms with Crippen molar-refractivity contribution in [3.8, 4) is 5.75 Å². The first-order chi connectivity index (χ1) is 9.61. The molecule has 0 amide bonds. The van der Waals surface area contributed by atoms with Crippen molar-refractivity contribution < 1.29 is 18.7 Å². The van der Waals surface area contributed by atoms with E-state index in [0.717, 1.165) is 6.07 Å². The molecule has 0 spiro atoms. The van der Waals surface area contributed by atoms with Crippen LogP contribution in [0.15, 0.2) is 47.6 Å². The van der Waals surface area contributed by atoms with Gasteiger partial charge in [0.05, 0.1) is 0 Å². The quantitative estimate of drug-likeness (QED) is 0.391. The molecule has 0 saturated heterocycles. The first-order valence-electron chi connectivity index (χ1n) is 5.75. The summed E-state index contributed by atoms with van der Waals surface area (Å²) in [5.74, 6) is -1.51. The summed E-state index contributed by atoms with van der Waals surface area (Å²) in [5, 5.41) is 11.5. The molecule has 0 aromatic heterocycles. The fourth-order valence-corrected chi connectivity index (χ4v) is 1.62. The van der Waals surface area contributed by atoms with Gasteiger partial charge in [0.15, 0.2) is 17.5 Å². The van der Waals surface area contributed by atoms with E-state index in [1.165, 1.54) is 18.2 Å². The van der Waals surface area contributed by atoms with Crippen molar-refractivity contribution in [3.63, 3.8) is 0 Å². The number of nitrogens with two attached hydrogens (primary N) is 1. The van der Waals surface area contributed by atoms with E-state index in [1.807, 2.05) is 0 Å². The highest BCUT2D eigenvalue weighted by molar-refractivity contribution is 5.97. The lowest BCUT2D eigenvalue weighted by atomic mass is 10.2. The van der Waals surface area contributed by atoms with Crippen molar-refractivity contribution in [1.29, 1.82) is 0 Å². The molecule has 0 unspecified atom stereocenters. The molecular weight excluding hydrogens is 266 g/mol. The highest BCUT2D eigenvalue weighted by atomic mass is 19.2. The van der Waals surface area contributed by atoms with Crippen molar-refractivity contribution in [2.75, 3.05) is 0 Å². The summed E-state index contributed by atoms with van der Waals surface area (Å²) in [6, 6.07) is 10.3. The van der Waals surface area contributed by atoms with Crippen LogP contribution in [0.25, 0.3) is 0 Å². The molecule has 6 heteroatoms. The van der Waals surface area contributed by atoms with Crippen molar-refractivity contribution in [2.45, 2.75) is 6.61 Å². The largest absolute Gasteiger partial charge is 0.489 e. The highest BCUT2D eigenvalue weighted by Crippen LogP contribution is 2.17. The van der Waals surface area contributed by atoms with Crippen LogP contribution in [0.5, 0.6) is 5.75 Å². The molecule has 0 atom stereocenters. The Bertz CT molecular complexity index is 645. The molecule has 0 saturated carbocycles. The number of ether oxygens (including phenoxy) is 1. The van der Waals surface area contributed by atoms with Crippen LogP contribution in [0.2, 0.25) is 0 Å². The maximum Gasteiger partial charge on any atom is 0.170 e. The molecular formula is C14H12F2N2O2. The Kier molecular flexibility index (Phi) is 4.14. The maximum atomic E-state index is 13.4. The lowest BCUT2D eigenvalue weighted by Crippen LogP contribution is -2.13. The van der Waals surface area contributed by atoms with E-state index in [4.69, 9.17) is 15.7 Å². The third-order valence-electron chi connectivity index (χ3n) is 2.66. The van der Waals surface area contributed by atoms with Gasteiger partial charge in [0, 0.05) is 11.1 Å². The number of amidine groups is 1. The summed E-state index contributed by atoms with van der Waals surface area (Å²) in [4.78, 5) is 0. The first kappa shape index (κ1) is 13.8. The van der Waals surface area contributed by atoms with Crippen molar-refractivity contribution in [2.24, 2.45) is 10.9 Å². The van der Waals surface area contributed by atoms with Crippen LogP contribution in [0.1, 0.15) is 11.1 Å². The highest BCUT2D eigenvalue weighted by Gasteiger charge is 2.08. The molecule has 0 radical (unpaired) electrons. The van der Waals surface area contributed by atoms with Crippen molar-refractivity contribution >= 4 is 5.84 Å². The molecule has 2 aromatic carbocycles. The molecule has 0 bridgehead atoms. The van der Waals surface area contributed by atoms with Gasteiger partial charge in [0.2, 0.25) is 0 Å². The molecule has 3 N–H and O–H groups in total. The predicted octanol–water partition coefficient (Wildman–Crippen LogP) is 2.64. The zero-order valence-corrected chi connectivity index (χ0v) is 10.4. The molecule has 0 aliphatic heterocycles. The molecule has 0 aliphatic rings. The predicted molar refractivity (Wildman–Crippen MR) is 69.6 cm³/mol. The van der Waals surface area contributed by atoms with E-state index in [9.17, 15) is 8.78 Å². The summed E-state index contributed by atoms with van der Waals surface area (Å²) in [6.45, 7) is -0.122. The fraction of sp³-hybridized carbons (Fsp3) is 0.0714. The van der Waals surface area contributed by atoms with Crippen LogP contribution in [-0.2, 0) is 6.61 Å². The van der Waals surface area contributed by atoms with Gasteiger partial charge in [0.25, 0.3) is 0 Å². The van der Waals surface area contributed by atoms with E-state index in [-0.39, 0.29) is 18.0 Å². The average Bonchev–Trinajstić information content (AvgIpc) is 2.48. The Morgan fingerprint density at radius 2 is 1.95 bits per heavy atom. The number of benzene rings is 2. The van der Waals surface area contributed by atoms with E-state index in [2.05, 4.69) is 5.16 Å². The number of rotatable bonds is 4. The lowest BCUT2D eigenvalue weighted by Gasteiger charge is -2.08. The van der Waals surface area contributed by atoms with Gasteiger partial charge in [-0.15, -0.1) is 0 Å². The third kappa shape index (κ3) is 3.03. The van der Waals surface area contributed by atoms with Crippen LogP contribution < -0.4 is 10.5 Å². The SMILES string of the molecule is N/C(=N\O)c1cccc(OCc2cccc(F)c2F)c1. The lowest BCUT2D eigenvalue weighted by molar-refractivity contribution is 0.297. The van der Waals surface area contributed by atoms with E-state index in [1.54, 1.807) is 18.2 Å². The Balaban J connectivity index is 2.13. The third-order valence-corrected chi connectivity index (χ3v) is 2.66. The Morgan fingerprint density at radius 3 is 2.70 bits per heavy atom. The van der Waals surface area contributed by atoms with Crippen LogP contribution in [0.3, 0.4) is 0 Å². The zero-order valence-electron chi connectivity index (χ0n) is 10.4. The molecule has 0 aliphatic carbocycles. The average molecular weight is 278 g/mol. The monoisotopic (exact) mass is 278 g/mol. The first-order valence-corrected chi connectivity index (χ1v) is 5.75. The second-order valence-electron chi connectivity index (χ2n) is 4.01. The van der Waals surface area contributed by atoms with Gasteiger partial charge in [-0.1, -0.05) is 29.4 Å². The van der Waals surface area contributed by atoms with Gasteiger partial charge in [-0.3, -0.25) is 0 Å². The molecule has 0 fully saturated rings. The van der Waals surface area contributed by atoms with Crippen LogP contribution >= 0.6 is 0 Å². The molecule has 104 valence electrons. The van der Waals surface area contributed by atoms with Crippen LogP contribution in [0, 0.1) is 11.6 Å². The van der Waals surface area contributed by atoms with Crippen LogP contribution in [-0.4, -0.2) is 11.0 Å². The summed E-state index contributed by atoms with van der Waals surface area (Å²) in [6.07, 6.45) is 0. The number of oxime groups is 1. The van der Waals surface area contributed by atoms with Gasteiger partial charge in [-0.2, -0.15) is 0 Å². The van der Waals surface area contributed by atoms with E-state index < -0.39 is 11.6 Å². The molecule has 2 aromatic rings. The maximum absolute atomic E-state index is 13.4. The smallest absolute Gasteiger partial charge is 0.170 e. The fourth-order valence-electron chi connectivity index (χ4n) is 1.62. The van der Waals surface area contributed by atoms with Gasteiger partial charge < -0.3 is 15.7 Å². The number of halogens is 2. The van der Waals surface area contributed by atoms with E-state index >= 15 is 0 Å². The van der Waals surface area contributed by atoms with Gasteiger partial charge in [-0.25, -0.2) is 8.78 Å². The van der Waals surface area contributed by atoms with Crippen molar-refractivity contribution in [1.82, 2.24) is 0 Å². The molecule has 2 rings (SSSR count). The topological polar surface area (TPSA) is 67.8 Å². The molecule has 20 heavy (non-hydrogen) atoms. The standard InChI is InChI=1S/C14H12F2N2O2/c15-12-6-2-4-10(13(12)16)8-20-11-5-1-3-9(7-11)14(17)18-19/h1-7,19H,8H2,(H2,17,18). The minimum atomic E-state index is -0.930. The minimum Gasteiger partial charge on any atom is -0.489 e. The van der Waals surface area contributed by atoms with Gasteiger partial charge >= 0.3 is 0 Å². The summed E-state index contributed by atoms with van der Waals surface area (Å²) in [5.41, 5.74) is 6.02. The van der Waals surface area contributed by atoms with Crippen LogP contribution in [0.4, 0.5) is 8.78 Å². The number of hydrogen-bond acceptors (Lipinski definition) is 3. The summed E-state index contributed by atoms with van der Waals surface area (Å²) < 4.78 is 31.8. The molecule has 0 heterocycles. The molecule has 4 nitrogen and oxygen atoms in total. The minimum absolute atomic E-state index is 0.0626. The van der Waals surface area contributed by atoms with Gasteiger partial charge in [-0.05, 0) is 18.2 Å². The Hall–Kier alpha value is -2.63.